The number of para-hydroxylation sites is 1. The zero-order valence-electron chi connectivity index (χ0n) is 17.4. The molecule has 0 aliphatic heterocycles. The second kappa shape index (κ2) is 12.2. The molecule has 1 aromatic heterocycles. The maximum absolute atomic E-state index is 4.33. The maximum atomic E-state index is 4.33. The fourth-order valence-corrected chi connectivity index (χ4v) is 3.46. The molecule has 1 aromatic carbocycles. The van der Waals surface area contributed by atoms with Gasteiger partial charge in [-0.15, -0.1) is 24.0 Å². The molecule has 0 bridgehead atoms. The number of benzene rings is 1. The van der Waals surface area contributed by atoms with Crippen LogP contribution >= 0.6 is 24.0 Å². The van der Waals surface area contributed by atoms with Crippen molar-refractivity contribution < 1.29 is 0 Å². The number of nitrogens with one attached hydrogen (secondary N) is 3. The van der Waals surface area contributed by atoms with E-state index in [1.807, 2.05) is 7.05 Å². The first-order chi connectivity index (χ1) is 12.5. The topological polar surface area (TPSA) is 55.5 Å². The predicted molar refractivity (Wildman–Crippen MR) is 128 cm³/mol. The van der Waals surface area contributed by atoms with Gasteiger partial charge in [0.1, 0.15) is 0 Å². The number of aromatic amines is 1. The summed E-state index contributed by atoms with van der Waals surface area (Å²) in [6, 6.07) is 9.61. The van der Waals surface area contributed by atoms with E-state index in [1.165, 1.54) is 16.5 Å². The minimum absolute atomic E-state index is 0. The van der Waals surface area contributed by atoms with Gasteiger partial charge in [0, 0.05) is 55.9 Å². The first-order valence-electron chi connectivity index (χ1n) is 9.78. The molecular formula is C21H36IN5. The molecule has 1 heterocycles. The molecule has 0 atom stereocenters. The second-order valence-corrected chi connectivity index (χ2v) is 7.31. The van der Waals surface area contributed by atoms with Gasteiger partial charge in [0.05, 0.1) is 0 Å². The van der Waals surface area contributed by atoms with E-state index in [0.29, 0.717) is 12.1 Å². The largest absolute Gasteiger partial charge is 0.361 e. The van der Waals surface area contributed by atoms with Crippen molar-refractivity contribution in [2.75, 3.05) is 26.7 Å². The van der Waals surface area contributed by atoms with Crippen molar-refractivity contribution in [3.05, 3.63) is 36.0 Å². The fourth-order valence-electron chi connectivity index (χ4n) is 3.46. The third kappa shape index (κ3) is 7.33. The van der Waals surface area contributed by atoms with Crippen molar-refractivity contribution in [3.8, 4) is 0 Å². The Morgan fingerprint density at radius 3 is 2.41 bits per heavy atom. The van der Waals surface area contributed by atoms with Crippen molar-refractivity contribution in [1.82, 2.24) is 20.5 Å². The van der Waals surface area contributed by atoms with Gasteiger partial charge < -0.3 is 15.6 Å². The summed E-state index contributed by atoms with van der Waals surface area (Å²) in [5.74, 6) is 0.880. The molecule has 6 heteroatoms. The van der Waals surface area contributed by atoms with Gasteiger partial charge in [0.2, 0.25) is 0 Å². The van der Waals surface area contributed by atoms with Gasteiger partial charge in [-0.05, 0) is 52.2 Å². The summed E-state index contributed by atoms with van der Waals surface area (Å²) in [5.41, 5.74) is 2.54. The Bertz CT molecular complexity index is 685. The molecule has 3 N–H and O–H groups in total. The summed E-state index contributed by atoms with van der Waals surface area (Å²) in [6.07, 6.45) is 4.19. The van der Waals surface area contributed by atoms with Crippen molar-refractivity contribution in [2.45, 2.75) is 52.6 Å². The summed E-state index contributed by atoms with van der Waals surface area (Å²) in [4.78, 5) is 10.2. The SMILES string of the molecule is CN=C(NCCCN(C(C)C)C(C)C)NCCc1c[nH]c2ccccc12.I. The number of hydrogen-bond donors (Lipinski definition) is 3. The Labute approximate surface area is 181 Å². The molecule has 0 amide bonds. The minimum atomic E-state index is 0. The van der Waals surface area contributed by atoms with Crippen LogP contribution < -0.4 is 10.6 Å². The number of halogens is 1. The predicted octanol–water partition coefficient (Wildman–Crippen LogP) is 4.00. The monoisotopic (exact) mass is 485 g/mol. The van der Waals surface area contributed by atoms with Gasteiger partial charge in [-0.25, -0.2) is 0 Å². The maximum Gasteiger partial charge on any atom is 0.190 e. The Morgan fingerprint density at radius 1 is 1.07 bits per heavy atom. The van der Waals surface area contributed by atoms with Crippen LogP contribution in [0.15, 0.2) is 35.5 Å². The van der Waals surface area contributed by atoms with Gasteiger partial charge >= 0.3 is 0 Å². The van der Waals surface area contributed by atoms with Crippen LogP contribution in [-0.2, 0) is 6.42 Å². The molecular weight excluding hydrogens is 449 g/mol. The quantitative estimate of drug-likeness (QED) is 0.218. The normalized spacial score (nSPS) is 12.1. The van der Waals surface area contributed by atoms with Crippen LogP contribution in [0.2, 0.25) is 0 Å². The number of aliphatic imine (C=N–C) groups is 1. The van der Waals surface area contributed by atoms with Gasteiger partial charge in [-0.3, -0.25) is 9.89 Å². The van der Waals surface area contributed by atoms with E-state index in [1.54, 1.807) is 0 Å². The van der Waals surface area contributed by atoms with Crippen LogP contribution in [0.25, 0.3) is 10.9 Å². The van der Waals surface area contributed by atoms with Crippen LogP contribution in [0.5, 0.6) is 0 Å². The molecule has 0 spiro atoms. The molecule has 2 aromatic rings. The average molecular weight is 485 g/mol. The summed E-state index contributed by atoms with van der Waals surface area (Å²) in [6.45, 7) is 12.0. The lowest BCUT2D eigenvalue weighted by atomic mass is 10.1. The van der Waals surface area contributed by atoms with Crippen molar-refractivity contribution in [2.24, 2.45) is 4.99 Å². The lowest BCUT2D eigenvalue weighted by molar-refractivity contribution is 0.173. The van der Waals surface area contributed by atoms with Gasteiger partial charge in [0.25, 0.3) is 0 Å². The number of rotatable bonds is 9. The van der Waals surface area contributed by atoms with Gasteiger partial charge in [0.15, 0.2) is 5.96 Å². The number of hydrogen-bond acceptors (Lipinski definition) is 2. The molecule has 0 unspecified atom stereocenters. The number of guanidine groups is 1. The fraction of sp³-hybridized carbons (Fsp3) is 0.571. The lowest BCUT2D eigenvalue weighted by Crippen LogP contribution is -2.41. The highest BCUT2D eigenvalue weighted by Crippen LogP contribution is 2.17. The first-order valence-corrected chi connectivity index (χ1v) is 9.78. The van der Waals surface area contributed by atoms with Crippen LogP contribution in [0.1, 0.15) is 39.7 Å². The highest BCUT2D eigenvalue weighted by molar-refractivity contribution is 14.0. The summed E-state index contributed by atoms with van der Waals surface area (Å²) in [5, 5.41) is 8.15. The average Bonchev–Trinajstić information content (AvgIpc) is 3.02. The lowest BCUT2D eigenvalue weighted by Gasteiger charge is -2.30. The summed E-state index contributed by atoms with van der Waals surface area (Å²) >= 11 is 0. The van der Waals surface area contributed by atoms with Crippen LogP contribution in [-0.4, -0.2) is 54.6 Å². The summed E-state index contributed by atoms with van der Waals surface area (Å²) < 4.78 is 0. The molecule has 0 aliphatic carbocycles. The van der Waals surface area contributed by atoms with Crippen LogP contribution in [0, 0.1) is 0 Å². The minimum Gasteiger partial charge on any atom is -0.361 e. The van der Waals surface area contributed by atoms with Crippen LogP contribution in [0.3, 0.4) is 0 Å². The highest BCUT2D eigenvalue weighted by Gasteiger charge is 2.12. The Hall–Kier alpha value is -1.28. The highest BCUT2D eigenvalue weighted by atomic mass is 127. The molecule has 0 saturated heterocycles. The van der Waals surface area contributed by atoms with Crippen LogP contribution in [0.4, 0.5) is 0 Å². The molecule has 0 aliphatic rings. The standard InChI is InChI=1S/C21H35N5.HI/c1-16(2)26(17(3)4)14-8-12-23-21(22-5)24-13-11-18-15-25-20-10-7-6-9-19(18)20;/h6-7,9-10,15-17,25H,8,11-14H2,1-5H3,(H2,22,23,24);1H. The molecule has 2 rings (SSSR count). The van der Waals surface area contributed by atoms with Gasteiger partial charge in [-0.2, -0.15) is 0 Å². The molecule has 27 heavy (non-hydrogen) atoms. The smallest absolute Gasteiger partial charge is 0.190 e. The number of H-pyrrole nitrogens is 1. The molecule has 152 valence electrons. The third-order valence-electron chi connectivity index (χ3n) is 4.80. The van der Waals surface area contributed by atoms with E-state index in [0.717, 1.165) is 38.4 Å². The Kier molecular flexibility index (Phi) is 10.8. The molecule has 5 nitrogen and oxygen atoms in total. The van der Waals surface area contributed by atoms with E-state index < -0.39 is 0 Å². The van der Waals surface area contributed by atoms with Crippen molar-refractivity contribution in [3.63, 3.8) is 0 Å². The van der Waals surface area contributed by atoms with E-state index in [4.69, 9.17) is 0 Å². The van der Waals surface area contributed by atoms with E-state index in [2.05, 4.69) is 83.7 Å². The van der Waals surface area contributed by atoms with Crippen molar-refractivity contribution in [1.29, 1.82) is 0 Å². The molecule has 0 fully saturated rings. The number of aromatic nitrogens is 1. The Balaban J connectivity index is 0.00000364. The third-order valence-corrected chi connectivity index (χ3v) is 4.80. The van der Waals surface area contributed by atoms with E-state index in [-0.39, 0.29) is 24.0 Å². The van der Waals surface area contributed by atoms with E-state index in [9.17, 15) is 0 Å². The molecule has 0 saturated carbocycles. The van der Waals surface area contributed by atoms with Crippen molar-refractivity contribution >= 4 is 40.8 Å². The van der Waals surface area contributed by atoms with E-state index >= 15 is 0 Å². The Morgan fingerprint density at radius 2 is 1.74 bits per heavy atom. The zero-order chi connectivity index (χ0) is 18.9. The zero-order valence-corrected chi connectivity index (χ0v) is 19.7. The van der Waals surface area contributed by atoms with Gasteiger partial charge in [-0.1, -0.05) is 18.2 Å². The number of nitrogens with zero attached hydrogens (tertiary/aromatic N) is 2. The number of fused-ring (bicyclic) bond motifs is 1. The molecule has 0 radical (unpaired) electrons. The summed E-state index contributed by atoms with van der Waals surface area (Å²) in [7, 11) is 1.83. The second-order valence-electron chi connectivity index (χ2n) is 7.31. The first kappa shape index (κ1) is 23.8.